The van der Waals surface area contributed by atoms with Crippen molar-refractivity contribution < 1.29 is 14.3 Å². The Morgan fingerprint density at radius 1 is 1.17 bits per heavy atom. The van der Waals surface area contributed by atoms with Crippen LogP contribution in [0.2, 0.25) is 5.02 Å². The molecular weight excluding hydrogens is 328 g/mol. The summed E-state index contributed by atoms with van der Waals surface area (Å²) in [4.78, 5) is 12.2. The number of halogens is 1. The molecule has 0 aliphatic carbocycles. The minimum absolute atomic E-state index is 0.0448. The Bertz CT molecular complexity index is 706. The summed E-state index contributed by atoms with van der Waals surface area (Å²) in [6.45, 7) is 2.10. The summed E-state index contributed by atoms with van der Waals surface area (Å²) in [5.74, 6) is 1.03. The number of nitrogens with one attached hydrogen (secondary N) is 2. The van der Waals surface area contributed by atoms with E-state index >= 15 is 0 Å². The van der Waals surface area contributed by atoms with E-state index in [2.05, 4.69) is 10.6 Å². The normalized spacial score (nSPS) is 11.7. The number of ether oxygens (including phenoxy) is 2. The van der Waals surface area contributed by atoms with Gasteiger partial charge in [0.2, 0.25) is 5.91 Å². The van der Waals surface area contributed by atoms with Crippen molar-refractivity contribution in [3.8, 4) is 11.5 Å². The summed E-state index contributed by atoms with van der Waals surface area (Å²) in [5.41, 5.74) is 1.51. The number of carbonyl (C=O) groups is 1. The van der Waals surface area contributed by atoms with Gasteiger partial charge in [-0.15, -0.1) is 0 Å². The molecule has 1 amide bonds. The lowest BCUT2D eigenvalue weighted by atomic mass is 10.1. The van der Waals surface area contributed by atoms with Crippen LogP contribution >= 0.6 is 11.6 Å². The van der Waals surface area contributed by atoms with Crippen molar-refractivity contribution in [2.45, 2.75) is 13.0 Å². The zero-order chi connectivity index (χ0) is 17.5. The number of methoxy groups -OCH3 is 2. The molecule has 0 aliphatic rings. The molecule has 2 aromatic carbocycles. The average molecular weight is 349 g/mol. The predicted octanol–water partition coefficient (Wildman–Crippen LogP) is 3.65. The molecule has 5 nitrogen and oxygen atoms in total. The van der Waals surface area contributed by atoms with E-state index in [4.69, 9.17) is 21.1 Å². The summed E-state index contributed by atoms with van der Waals surface area (Å²) >= 11 is 6.17. The second-order valence-electron chi connectivity index (χ2n) is 5.24. The van der Waals surface area contributed by atoms with E-state index in [1.165, 1.54) is 0 Å². The Labute approximate surface area is 146 Å². The molecule has 0 bridgehead atoms. The van der Waals surface area contributed by atoms with Crippen LogP contribution in [0.5, 0.6) is 11.5 Å². The predicted molar refractivity (Wildman–Crippen MR) is 96.0 cm³/mol. The summed E-state index contributed by atoms with van der Waals surface area (Å²) in [6.07, 6.45) is 0. The minimum Gasteiger partial charge on any atom is -0.497 e. The standard InChI is InChI=1S/C18H21ClN2O3/c1-12(14-6-4-5-7-15(14)19)20-11-18(22)21-16-10-13(23-2)8-9-17(16)24-3/h4-10,12,20H,11H2,1-3H3,(H,21,22)/t12-/m0/s1. The van der Waals surface area contributed by atoms with Gasteiger partial charge >= 0.3 is 0 Å². The van der Waals surface area contributed by atoms with Gasteiger partial charge < -0.3 is 20.1 Å². The molecule has 6 heteroatoms. The molecule has 0 unspecified atom stereocenters. The average Bonchev–Trinajstić information content (AvgIpc) is 2.60. The largest absolute Gasteiger partial charge is 0.497 e. The number of anilines is 1. The Morgan fingerprint density at radius 2 is 1.92 bits per heavy atom. The molecule has 2 N–H and O–H groups in total. The van der Waals surface area contributed by atoms with Crippen molar-refractivity contribution in [2.24, 2.45) is 0 Å². The van der Waals surface area contributed by atoms with Crippen molar-refractivity contribution in [2.75, 3.05) is 26.1 Å². The number of rotatable bonds is 7. The third-order valence-corrected chi connectivity index (χ3v) is 3.97. The van der Waals surface area contributed by atoms with Crippen LogP contribution in [0.15, 0.2) is 42.5 Å². The molecule has 128 valence electrons. The Morgan fingerprint density at radius 3 is 2.58 bits per heavy atom. The van der Waals surface area contributed by atoms with Crippen LogP contribution < -0.4 is 20.1 Å². The first-order valence-electron chi connectivity index (χ1n) is 7.55. The molecule has 0 aliphatic heterocycles. The van der Waals surface area contributed by atoms with E-state index in [9.17, 15) is 4.79 Å². The molecule has 2 aromatic rings. The Kier molecular flexibility index (Phi) is 6.46. The van der Waals surface area contributed by atoms with Crippen molar-refractivity contribution in [3.05, 3.63) is 53.1 Å². The van der Waals surface area contributed by atoms with E-state index in [-0.39, 0.29) is 18.5 Å². The first-order chi connectivity index (χ1) is 11.5. The summed E-state index contributed by atoms with van der Waals surface area (Å²) in [6, 6.07) is 12.7. The maximum absolute atomic E-state index is 12.2. The van der Waals surface area contributed by atoms with Gasteiger partial charge in [0.15, 0.2) is 0 Å². The van der Waals surface area contributed by atoms with Gasteiger partial charge in [0.1, 0.15) is 11.5 Å². The second kappa shape index (κ2) is 8.57. The highest BCUT2D eigenvalue weighted by molar-refractivity contribution is 6.31. The monoisotopic (exact) mass is 348 g/mol. The summed E-state index contributed by atoms with van der Waals surface area (Å²) in [7, 11) is 3.12. The van der Waals surface area contributed by atoms with Crippen molar-refractivity contribution >= 4 is 23.2 Å². The fraction of sp³-hybridized carbons (Fsp3) is 0.278. The first kappa shape index (κ1) is 18.1. The number of amides is 1. The van der Waals surface area contributed by atoms with E-state index in [0.717, 1.165) is 5.56 Å². The molecule has 0 aromatic heterocycles. The highest BCUT2D eigenvalue weighted by Crippen LogP contribution is 2.28. The first-order valence-corrected chi connectivity index (χ1v) is 7.92. The molecule has 24 heavy (non-hydrogen) atoms. The van der Waals surface area contributed by atoms with Crippen LogP contribution in [-0.4, -0.2) is 26.7 Å². The number of benzene rings is 2. The SMILES string of the molecule is COc1ccc(OC)c(NC(=O)CN[C@@H](C)c2ccccc2Cl)c1. The third-order valence-electron chi connectivity index (χ3n) is 3.62. The molecule has 1 atom stereocenters. The summed E-state index contributed by atoms with van der Waals surface area (Å²) in [5, 5.41) is 6.65. The lowest BCUT2D eigenvalue weighted by Gasteiger charge is -2.16. The number of carbonyl (C=O) groups excluding carboxylic acids is 1. The molecule has 0 fully saturated rings. The van der Waals surface area contributed by atoms with Gasteiger partial charge in [-0.3, -0.25) is 4.79 Å². The second-order valence-corrected chi connectivity index (χ2v) is 5.65. The van der Waals surface area contributed by atoms with E-state index < -0.39 is 0 Å². The number of hydrogen-bond acceptors (Lipinski definition) is 4. The van der Waals surface area contributed by atoms with Crippen molar-refractivity contribution in [1.29, 1.82) is 0 Å². The maximum Gasteiger partial charge on any atom is 0.238 e. The van der Waals surface area contributed by atoms with Crippen LogP contribution in [-0.2, 0) is 4.79 Å². The van der Waals surface area contributed by atoms with Crippen molar-refractivity contribution in [1.82, 2.24) is 5.32 Å². The van der Waals surface area contributed by atoms with Gasteiger partial charge in [-0.05, 0) is 30.7 Å². The fourth-order valence-corrected chi connectivity index (χ4v) is 2.59. The van der Waals surface area contributed by atoms with Crippen LogP contribution in [0.25, 0.3) is 0 Å². The third kappa shape index (κ3) is 4.63. The lowest BCUT2D eigenvalue weighted by molar-refractivity contribution is -0.115. The van der Waals surface area contributed by atoms with Gasteiger partial charge in [-0.1, -0.05) is 29.8 Å². The van der Waals surface area contributed by atoms with Crippen LogP contribution in [0.4, 0.5) is 5.69 Å². The van der Waals surface area contributed by atoms with Gasteiger partial charge in [-0.2, -0.15) is 0 Å². The Balaban J connectivity index is 1.97. The zero-order valence-corrected chi connectivity index (χ0v) is 14.7. The maximum atomic E-state index is 12.2. The van der Waals surface area contributed by atoms with Crippen LogP contribution in [0.3, 0.4) is 0 Å². The quantitative estimate of drug-likeness (QED) is 0.802. The Hall–Kier alpha value is -2.24. The van der Waals surface area contributed by atoms with Crippen LogP contribution in [0, 0.1) is 0 Å². The van der Waals surface area contributed by atoms with Crippen molar-refractivity contribution in [3.63, 3.8) is 0 Å². The van der Waals surface area contributed by atoms with E-state index in [1.807, 2.05) is 31.2 Å². The summed E-state index contributed by atoms with van der Waals surface area (Å²) < 4.78 is 10.4. The fourth-order valence-electron chi connectivity index (χ4n) is 2.29. The van der Waals surface area contributed by atoms with Gasteiger partial charge in [0.25, 0.3) is 0 Å². The smallest absolute Gasteiger partial charge is 0.238 e. The number of hydrogen-bond donors (Lipinski definition) is 2. The highest BCUT2D eigenvalue weighted by Gasteiger charge is 2.12. The zero-order valence-electron chi connectivity index (χ0n) is 13.9. The van der Waals surface area contributed by atoms with Gasteiger partial charge in [-0.25, -0.2) is 0 Å². The molecule has 0 saturated carbocycles. The minimum atomic E-state index is -0.180. The molecular formula is C18H21ClN2O3. The molecule has 0 saturated heterocycles. The lowest BCUT2D eigenvalue weighted by Crippen LogP contribution is -2.30. The highest BCUT2D eigenvalue weighted by atomic mass is 35.5. The topological polar surface area (TPSA) is 59.6 Å². The molecule has 0 heterocycles. The van der Waals surface area contributed by atoms with Gasteiger partial charge in [0, 0.05) is 17.1 Å². The van der Waals surface area contributed by atoms with E-state index in [1.54, 1.807) is 32.4 Å². The molecule has 2 rings (SSSR count). The molecule has 0 spiro atoms. The van der Waals surface area contributed by atoms with E-state index in [0.29, 0.717) is 22.2 Å². The van der Waals surface area contributed by atoms with Crippen LogP contribution in [0.1, 0.15) is 18.5 Å². The molecule has 0 radical (unpaired) electrons. The van der Waals surface area contributed by atoms with Gasteiger partial charge in [0.05, 0.1) is 26.5 Å².